The van der Waals surface area contributed by atoms with Gasteiger partial charge in [0.25, 0.3) is 0 Å². The summed E-state index contributed by atoms with van der Waals surface area (Å²) in [5.74, 6) is 0.509. The van der Waals surface area contributed by atoms with Crippen molar-refractivity contribution in [1.29, 1.82) is 0 Å². The minimum atomic E-state index is -3.07. The van der Waals surface area contributed by atoms with Crippen LogP contribution in [-0.4, -0.2) is 42.2 Å². The Hall–Kier alpha value is -1.08. The fourth-order valence-corrected chi connectivity index (χ4v) is 1.19. The summed E-state index contributed by atoms with van der Waals surface area (Å²) in [6.07, 6.45) is 0. The predicted molar refractivity (Wildman–Crippen MR) is 55.9 cm³/mol. The maximum Gasteiger partial charge on any atom is 0.405 e. The molecule has 6 heteroatoms. The van der Waals surface area contributed by atoms with Gasteiger partial charge in [0.15, 0.2) is 0 Å². The average Bonchev–Trinajstić information content (AvgIpc) is 2.26. The molecule has 84 valence electrons. The van der Waals surface area contributed by atoms with E-state index in [-0.39, 0.29) is 18.7 Å². The Bertz CT molecular complexity index is 315. The van der Waals surface area contributed by atoms with Crippen LogP contribution in [0.2, 0.25) is 0 Å². The Balaban J connectivity index is 2.83. The first-order valence-corrected chi connectivity index (χ1v) is 4.58. The van der Waals surface area contributed by atoms with E-state index in [1.54, 1.807) is 12.1 Å². The summed E-state index contributed by atoms with van der Waals surface area (Å²) in [6.45, 7) is -3.48. The van der Waals surface area contributed by atoms with Gasteiger partial charge >= 0.3 is 6.75 Å². The summed E-state index contributed by atoms with van der Waals surface area (Å²) in [5, 5.41) is 27.6. The van der Waals surface area contributed by atoms with Crippen molar-refractivity contribution in [2.75, 3.05) is 20.3 Å². The molecule has 0 saturated carbocycles. The highest BCUT2D eigenvalue weighted by Crippen LogP contribution is 2.08. The molecular formula is C9H14BO5-. The van der Waals surface area contributed by atoms with Crippen molar-refractivity contribution in [1.82, 2.24) is 0 Å². The second-order valence-corrected chi connectivity index (χ2v) is 3.07. The van der Waals surface area contributed by atoms with E-state index in [1.165, 1.54) is 19.2 Å². The van der Waals surface area contributed by atoms with Gasteiger partial charge in [-0.2, -0.15) is 0 Å². The van der Waals surface area contributed by atoms with Gasteiger partial charge in [-0.1, -0.05) is 12.1 Å². The smallest absolute Gasteiger partial charge is 0.405 e. The minimum Gasteiger partial charge on any atom is -0.556 e. The lowest BCUT2D eigenvalue weighted by molar-refractivity contribution is 0.125. The third-order valence-electron chi connectivity index (χ3n) is 1.97. The van der Waals surface area contributed by atoms with Gasteiger partial charge in [0.1, 0.15) is 5.75 Å². The number of aliphatic hydroxyl groups excluding tert-OH is 1. The molecule has 0 amide bonds. The van der Waals surface area contributed by atoms with Crippen molar-refractivity contribution < 1.29 is 24.5 Å². The van der Waals surface area contributed by atoms with E-state index in [0.29, 0.717) is 5.75 Å². The molecule has 5 nitrogen and oxygen atoms in total. The third kappa shape index (κ3) is 3.21. The lowest BCUT2D eigenvalue weighted by Gasteiger charge is -2.29. The van der Waals surface area contributed by atoms with Crippen molar-refractivity contribution in [3.05, 3.63) is 24.3 Å². The van der Waals surface area contributed by atoms with Crippen LogP contribution in [-0.2, 0) is 4.65 Å². The van der Waals surface area contributed by atoms with Crippen molar-refractivity contribution in [3.63, 3.8) is 0 Å². The lowest BCUT2D eigenvalue weighted by Crippen LogP contribution is -2.52. The molecule has 0 fully saturated rings. The first-order valence-electron chi connectivity index (χ1n) is 4.58. The van der Waals surface area contributed by atoms with Crippen LogP contribution >= 0.6 is 0 Å². The van der Waals surface area contributed by atoms with Gasteiger partial charge in [0.05, 0.1) is 13.7 Å². The summed E-state index contributed by atoms with van der Waals surface area (Å²) in [5.41, 5.74) is 0.211. The molecule has 0 spiro atoms. The number of rotatable bonds is 5. The number of hydrogen-bond acceptors (Lipinski definition) is 5. The Morgan fingerprint density at radius 2 is 2.07 bits per heavy atom. The zero-order valence-electron chi connectivity index (χ0n) is 8.46. The molecule has 1 rings (SSSR count). The fraction of sp³-hybridized carbons (Fsp3) is 0.333. The molecule has 1 aromatic carbocycles. The normalized spacial score (nSPS) is 11.5. The molecule has 0 unspecified atom stereocenters. The Morgan fingerprint density at radius 3 is 2.67 bits per heavy atom. The van der Waals surface area contributed by atoms with Gasteiger partial charge in [-0.25, -0.2) is 0 Å². The quantitative estimate of drug-likeness (QED) is 0.537. The highest BCUT2D eigenvalue weighted by atomic mass is 16.6. The van der Waals surface area contributed by atoms with Crippen LogP contribution in [0.15, 0.2) is 24.3 Å². The SMILES string of the molecule is COc1cccc([B-](O)(O)OCCO)c1. The van der Waals surface area contributed by atoms with E-state index in [9.17, 15) is 10.0 Å². The molecule has 0 saturated heterocycles. The molecule has 0 radical (unpaired) electrons. The Kier molecular flexibility index (Phi) is 4.10. The van der Waals surface area contributed by atoms with E-state index in [0.717, 1.165) is 0 Å². The van der Waals surface area contributed by atoms with Crippen LogP contribution in [0, 0.1) is 0 Å². The van der Waals surface area contributed by atoms with Gasteiger partial charge < -0.3 is 24.5 Å². The van der Waals surface area contributed by atoms with E-state index in [1.807, 2.05) is 0 Å². The summed E-state index contributed by atoms with van der Waals surface area (Å²) in [4.78, 5) is 0. The van der Waals surface area contributed by atoms with E-state index < -0.39 is 6.75 Å². The van der Waals surface area contributed by atoms with Gasteiger partial charge in [0, 0.05) is 6.61 Å². The first-order chi connectivity index (χ1) is 7.10. The monoisotopic (exact) mass is 213 g/mol. The number of benzene rings is 1. The van der Waals surface area contributed by atoms with Crippen molar-refractivity contribution in [2.45, 2.75) is 0 Å². The van der Waals surface area contributed by atoms with Gasteiger partial charge in [0.2, 0.25) is 0 Å². The molecule has 15 heavy (non-hydrogen) atoms. The molecular weight excluding hydrogens is 199 g/mol. The van der Waals surface area contributed by atoms with Crippen LogP contribution in [0.25, 0.3) is 0 Å². The van der Waals surface area contributed by atoms with Crippen LogP contribution in [0.5, 0.6) is 5.75 Å². The van der Waals surface area contributed by atoms with Crippen molar-refractivity contribution in [3.8, 4) is 5.75 Å². The van der Waals surface area contributed by atoms with Crippen molar-refractivity contribution in [2.24, 2.45) is 0 Å². The average molecular weight is 213 g/mol. The summed E-state index contributed by atoms with van der Waals surface area (Å²) in [6, 6.07) is 6.29. The largest absolute Gasteiger partial charge is 0.556 e. The summed E-state index contributed by atoms with van der Waals surface area (Å²) in [7, 11) is 1.48. The second kappa shape index (κ2) is 5.13. The van der Waals surface area contributed by atoms with Crippen LogP contribution in [0.1, 0.15) is 0 Å². The maximum atomic E-state index is 9.57. The number of ether oxygens (including phenoxy) is 1. The van der Waals surface area contributed by atoms with Gasteiger partial charge in [-0.15, -0.1) is 5.46 Å². The highest BCUT2D eigenvalue weighted by Gasteiger charge is 2.23. The maximum absolute atomic E-state index is 9.57. The fourth-order valence-electron chi connectivity index (χ4n) is 1.19. The summed E-state index contributed by atoms with van der Waals surface area (Å²) < 4.78 is 9.67. The number of aliphatic hydroxyl groups is 1. The molecule has 0 aliphatic rings. The molecule has 3 N–H and O–H groups in total. The van der Waals surface area contributed by atoms with Gasteiger partial charge in [-0.05, 0) is 12.1 Å². The topological polar surface area (TPSA) is 79.2 Å². The van der Waals surface area contributed by atoms with Crippen molar-refractivity contribution >= 4 is 12.2 Å². The highest BCUT2D eigenvalue weighted by molar-refractivity contribution is 6.72. The molecule has 0 aliphatic carbocycles. The second-order valence-electron chi connectivity index (χ2n) is 3.07. The zero-order valence-corrected chi connectivity index (χ0v) is 8.46. The van der Waals surface area contributed by atoms with Crippen LogP contribution in [0.4, 0.5) is 0 Å². The zero-order chi connectivity index (χ0) is 11.3. The van der Waals surface area contributed by atoms with E-state index in [2.05, 4.69) is 0 Å². The van der Waals surface area contributed by atoms with Crippen LogP contribution in [0.3, 0.4) is 0 Å². The lowest BCUT2D eigenvalue weighted by atomic mass is 9.70. The Labute approximate surface area is 87.9 Å². The first kappa shape index (κ1) is 12.0. The molecule has 0 heterocycles. The van der Waals surface area contributed by atoms with Gasteiger partial charge in [-0.3, -0.25) is 0 Å². The molecule has 0 aromatic heterocycles. The molecule has 0 atom stereocenters. The Morgan fingerprint density at radius 1 is 1.33 bits per heavy atom. The predicted octanol–water partition coefficient (Wildman–Crippen LogP) is -1.17. The molecule has 0 aliphatic heterocycles. The standard InChI is InChI=1S/C9H14BO5/c1-14-9-4-2-3-8(7-9)10(12,13)15-6-5-11/h2-4,7,11-13H,5-6H2,1H3/q-1. The third-order valence-corrected chi connectivity index (χ3v) is 1.97. The van der Waals surface area contributed by atoms with Crippen LogP contribution < -0.4 is 10.2 Å². The number of hydrogen-bond donors (Lipinski definition) is 3. The molecule has 0 bridgehead atoms. The summed E-state index contributed by atoms with van der Waals surface area (Å²) >= 11 is 0. The minimum absolute atomic E-state index is 0.135. The number of methoxy groups -OCH3 is 1. The van der Waals surface area contributed by atoms with E-state index in [4.69, 9.17) is 14.5 Å². The van der Waals surface area contributed by atoms with E-state index >= 15 is 0 Å². The molecule has 1 aromatic rings.